The summed E-state index contributed by atoms with van der Waals surface area (Å²) in [5.74, 6) is 0.341. The van der Waals surface area contributed by atoms with Gasteiger partial charge in [0.1, 0.15) is 11.5 Å². The van der Waals surface area contributed by atoms with Crippen LogP contribution < -0.4 is 5.73 Å². The van der Waals surface area contributed by atoms with E-state index in [1.165, 1.54) is 0 Å². The van der Waals surface area contributed by atoms with Crippen LogP contribution >= 0.6 is 0 Å². The number of aromatic hydroxyl groups is 2. The van der Waals surface area contributed by atoms with Crippen LogP contribution in [0.3, 0.4) is 0 Å². The van der Waals surface area contributed by atoms with Crippen molar-refractivity contribution in [2.75, 3.05) is 0 Å². The molecular weight excluding hydrogens is 202 g/mol. The summed E-state index contributed by atoms with van der Waals surface area (Å²) in [4.78, 5) is 0. The van der Waals surface area contributed by atoms with Crippen molar-refractivity contribution in [1.82, 2.24) is 0 Å². The first-order valence-corrected chi connectivity index (χ1v) is 5.90. The molecule has 3 nitrogen and oxygen atoms in total. The Bertz CT molecular complexity index is 305. The molecule has 1 rings (SSSR count). The van der Waals surface area contributed by atoms with Gasteiger partial charge in [0.05, 0.1) is 0 Å². The highest BCUT2D eigenvalue weighted by molar-refractivity contribution is 5.42. The maximum absolute atomic E-state index is 9.57. The molecule has 0 amide bonds. The van der Waals surface area contributed by atoms with Crippen LogP contribution in [-0.2, 0) is 6.42 Å². The fraction of sp³-hybridized carbons (Fsp3) is 0.538. The molecule has 1 atom stereocenters. The van der Waals surface area contributed by atoms with Gasteiger partial charge in [-0.05, 0) is 37.8 Å². The van der Waals surface area contributed by atoms with Crippen LogP contribution in [0.25, 0.3) is 0 Å². The summed E-state index contributed by atoms with van der Waals surface area (Å²) in [5, 5.41) is 19.1. The van der Waals surface area contributed by atoms with E-state index in [2.05, 4.69) is 6.92 Å². The minimum Gasteiger partial charge on any atom is -0.508 e. The van der Waals surface area contributed by atoms with E-state index in [4.69, 9.17) is 5.73 Å². The summed E-state index contributed by atoms with van der Waals surface area (Å²) < 4.78 is 0. The third kappa shape index (κ3) is 3.74. The van der Waals surface area contributed by atoms with Crippen LogP contribution in [0.5, 0.6) is 11.5 Å². The van der Waals surface area contributed by atoms with Gasteiger partial charge in [-0.25, -0.2) is 0 Å². The van der Waals surface area contributed by atoms with E-state index in [1.54, 1.807) is 18.2 Å². The molecular formula is C13H21NO2. The summed E-state index contributed by atoms with van der Waals surface area (Å²) in [6.45, 7) is 2.12. The lowest BCUT2D eigenvalue weighted by Crippen LogP contribution is -2.19. The molecule has 16 heavy (non-hydrogen) atoms. The van der Waals surface area contributed by atoms with E-state index >= 15 is 0 Å². The number of benzene rings is 1. The average molecular weight is 223 g/mol. The molecule has 0 bridgehead atoms. The van der Waals surface area contributed by atoms with Crippen molar-refractivity contribution in [3.8, 4) is 11.5 Å². The van der Waals surface area contributed by atoms with Crippen LogP contribution in [-0.4, -0.2) is 16.3 Å². The van der Waals surface area contributed by atoms with Crippen LogP contribution in [0.1, 0.15) is 38.2 Å². The fourth-order valence-corrected chi connectivity index (χ4v) is 1.88. The highest BCUT2D eigenvalue weighted by Gasteiger charge is 2.07. The first-order valence-electron chi connectivity index (χ1n) is 5.90. The molecule has 1 aromatic rings. The Morgan fingerprint density at radius 2 is 1.81 bits per heavy atom. The number of phenolic OH excluding ortho intramolecular Hbond substituents is 2. The van der Waals surface area contributed by atoms with Gasteiger partial charge in [0, 0.05) is 11.6 Å². The lowest BCUT2D eigenvalue weighted by atomic mass is 10.0. The monoisotopic (exact) mass is 223 g/mol. The summed E-state index contributed by atoms with van der Waals surface area (Å²) in [6, 6.07) is 5.07. The van der Waals surface area contributed by atoms with Gasteiger partial charge in [0.2, 0.25) is 0 Å². The number of rotatable bonds is 6. The van der Waals surface area contributed by atoms with Gasteiger partial charge < -0.3 is 15.9 Å². The van der Waals surface area contributed by atoms with E-state index in [1.807, 2.05) is 0 Å². The molecule has 3 heteroatoms. The summed E-state index contributed by atoms with van der Waals surface area (Å²) in [7, 11) is 0. The second kappa shape index (κ2) is 6.38. The number of hydrogen-bond acceptors (Lipinski definition) is 3. The van der Waals surface area contributed by atoms with Gasteiger partial charge in [0.25, 0.3) is 0 Å². The Labute approximate surface area is 96.9 Å². The molecule has 1 aromatic carbocycles. The first kappa shape index (κ1) is 12.8. The lowest BCUT2D eigenvalue weighted by Gasteiger charge is -2.11. The molecule has 0 aliphatic carbocycles. The Balaban J connectivity index is 2.43. The third-order valence-corrected chi connectivity index (χ3v) is 2.79. The van der Waals surface area contributed by atoms with Crippen molar-refractivity contribution in [3.05, 3.63) is 23.8 Å². The van der Waals surface area contributed by atoms with Gasteiger partial charge in [-0.3, -0.25) is 0 Å². The second-order valence-electron chi connectivity index (χ2n) is 4.22. The minimum absolute atomic E-state index is 0.170. The van der Waals surface area contributed by atoms with E-state index in [0.29, 0.717) is 12.0 Å². The smallest absolute Gasteiger partial charge is 0.122 e. The predicted molar refractivity (Wildman–Crippen MR) is 65.6 cm³/mol. The number of phenols is 2. The molecule has 0 fully saturated rings. The molecule has 0 aromatic heterocycles. The normalized spacial score (nSPS) is 12.6. The lowest BCUT2D eigenvalue weighted by molar-refractivity contribution is 0.434. The molecule has 0 aliphatic heterocycles. The highest BCUT2D eigenvalue weighted by atomic mass is 16.3. The van der Waals surface area contributed by atoms with Gasteiger partial charge in [-0.2, -0.15) is 0 Å². The van der Waals surface area contributed by atoms with Gasteiger partial charge >= 0.3 is 0 Å². The quantitative estimate of drug-likeness (QED) is 0.694. The molecule has 0 saturated heterocycles. The van der Waals surface area contributed by atoms with E-state index in [-0.39, 0.29) is 17.5 Å². The molecule has 4 N–H and O–H groups in total. The third-order valence-electron chi connectivity index (χ3n) is 2.79. The van der Waals surface area contributed by atoms with Crippen molar-refractivity contribution in [1.29, 1.82) is 0 Å². The second-order valence-corrected chi connectivity index (χ2v) is 4.22. The fourth-order valence-electron chi connectivity index (χ4n) is 1.88. The average Bonchev–Trinajstić information content (AvgIpc) is 2.23. The molecule has 0 aliphatic rings. The van der Waals surface area contributed by atoms with Crippen molar-refractivity contribution in [2.45, 2.75) is 45.1 Å². The van der Waals surface area contributed by atoms with Crippen LogP contribution in [0, 0.1) is 0 Å². The summed E-state index contributed by atoms with van der Waals surface area (Å²) in [5.41, 5.74) is 6.53. The van der Waals surface area contributed by atoms with E-state index < -0.39 is 0 Å². The standard InChI is InChI=1S/C13H21NO2/c1-2-5-10(14)6-3-7-11-12(15)8-4-9-13(11)16/h4,8-10,15-16H,2-3,5-7,14H2,1H3. The molecule has 0 spiro atoms. The number of nitrogens with two attached hydrogens (primary N) is 1. The topological polar surface area (TPSA) is 66.5 Å². The predicted octanol–water partition coefficient (Wildman–Crippen LogP) is 2.55. The van der Waals surface area contributed by atoms with Crippen molar-refractivity contribution >= 4 is 0 Å². The van der Waals surface area contributed by atoms with E-state index in [9.17, 15) is 10.2 Å². The van der Waals surface area contributed by atoms with Crippen LogP contribution in [0.4, 0.5) is 0 Å². The summed E-state index contributed by atoms with van der Waals surface area (Å²) in [6.07, 6.45) is 4.64. The molecule has 90 valence electrons. The van der Waals surface area contributed by atoms with Gasteiger partial charge in [0.15, 0.2) is 0 Å². The Hall–Kier alpha value is -1.22. The maximum atomic E-state index is 9.57. The number of hydrogen-bond donors (Lipinski definition) is 3. The largest absolute Gasteiger partial charge is 0.508 e. The first-order chi connectivity index (χ1) is 7.65. The zero-order valence-corrected chi connectivity index (χ0v) is 9.82. The van der Waals surface area contributed by atoms with Gasteiger partial charge in [-0.1, -0.05) is 19.4 Å². The molecule has 0 saturated carbocycles. The molecule has 0 radical (unpaired) electrons. The zero-order valence-electron chi connectivity index (χ0n) is 9.82. The van der Waals surface area contributed by atoms with Crippen molar-refractivity contribution in [3.63, 3.8) is 0 Å². The van der Waals surface area contributed by atoms with Crippen molar-refractivity contribution < 1.29 is 10.2 Å². The zero-order chi connectivity index (χ0) is 12.0. The van der Waals surface area contributed by atoms with E-state index in [0.717, 1.165) is 25.7 Å². The Morgan fingerprint density at radius 3 is 2.38 bits per heavy atom. The Kier molecular flexibility index (Phi) is 5.12. The minimum atomic E-state index is 0.170. The maximum Gasteiger partial charge on any atom is 0.122 e. The van der Waals surface area contributed by atoms with Gasteiger partial charge in [-0.15, -0.1) is 0 Å². The summed E-state index contributed by atoms with van der Waals surface area (Å²) >= 11 is 0. The van der Waals surface area contributed by atoms with Crippen LogP contribution in [0.15, 0.2) is 18.2 Å². The van der Waals surface area contributed by atoms with Crippen LogP contribution in [0.2, 0.25) is 0 Å². The molecule has 0 heterocycles. The SMILES string of the molecule is CCCC(N)CCCc1c(O)cccc1O. The Morgan fingerprint density at radius 1 is 1.19 bits per heavy atom. The molecule has 1 unspecified atom stereocenters. The highest BCUT2D eigenvalue weighted by Crippen LogP contribution is 2.27. The van der Waals surface area contributed by atoms with Crippen molar-refractivity contribution in [2.24, 2.45) is 5.73 Å².